The summed E-state index contributed by atoms with van der Waals surface area (Å²) in [6.45, 7) is 2.52. The van der Waals surface area contributed by atoms with Crippen LogP contribution in [0.3, 0.4) is 0 Å². The second-order valence-corrected chi connectivity index (χ2v) is 3.34. The number of carbonyl (C=O) groups excluding carboxylic acids is 1. The average molecular weight is 234 g/mol. The number of hydrogen-bond donors (Lipinski definition) is 4. The second-order valence-electron chi connectivity index (χ2n) is 3.34. The first-order valence-corrected chi connectivity index (χ1v) is 4.64. The van der Waals surface area contributed by atoms with Crippen molar-refractivity contribution in [1.29, 1.82) is 0 Å². The van der Waals surface area contributed by atoms with E-state index in [0.29, 0.717) is 0 Å². The summed E-state index contributed by atoms with van der Waals surface area (Å²) in [6.07, 6.45) is -5.97. The van der Waals surface area contributed by atoms with Gasteiger partial charge in [-0.25, -0.2) is 4.79 Å². The lowest BCUT2D eigenvalue weighted by Gasteiger charge is -2.22. The van der Waals surface area contributed by atoms with Crippen molar-refractivity contribution >= 4 is 5.97 Å². The van der Waals surface area contributed by atoms with Crippen molar-refractivity contribution in [3.8, 4) is 0 Å². The van der Waals surface area contributed by atoms with Crippen LogP contribution in [0, 0.1) is 0 Å². The Bertz CT molecular complexity index is 267. The second kappa shape index (κ2) is 5.37. The highest BCUT2D eigenvalue weighted by atomic mass is 16.7. The number of aliphatic hydroxyl groups is 4. The summed E-state index contributed by atoms with van der Waals surface area (Å²) in [5.74, 6) is -0.822. The van der Waals surface area contributed by atoms with Gasteiger partial charge in [0.15, 0.2) is 12.4 Å². The van der Waals surface area contributed by atoms with E-state index in [9.17, 15) is 20.1 Å². The number of rotatable bonds is 4. The maximum Gasteiger partial charge on any atom is 0.330 e. The molecule has 1 aliphatic heterocycles. The van der Waals surface area contributed by atoms with Gasteiger partial charge >= 0.3 is 5.97 Å². The predicted molar refractivity (Wildman–Crippen MR) is 50.1 cm³/mol. The van der Waals surface area contributed by atoms with Crippen LogP contribution < -0.4 is 0 Å². The van der Waals surface area contributed by atoms with Gasteiger partial charge in [0.25, 0.3) is 0 Å². The summed E-state index contributed by atoms with van der Waals surface area (Å²) < 4.78 is 9.48. The lowest BCUT2D eigenvalue weighted by Crippen LogP contribution is -2.43. The van der Waals surface area contributed by atoms with Crippen molar-refractivity contribution in [3.05, 3.63) is 12.7 Å². The fourth-order valence-corrected chi connectivity index (χ4v) is 1.41. The molecule has 16 heavy (non-hydrogen) atoms. The smallest absolute Gasteiger partial charge is 0.330 e. The van der Waals surface area contributed by atoms with Gasteiger partial charge in [0.05, 0.1) is 6.61 Å². The van der Waals surface area contributed by atoms with Crippen molar-refractivity contribution < 1.29 is 34.7 Å². The Morgan fingerprint density at radius 2 is 2.19 bits per heavy atom. The van der Waals surface area contributed by atoms with Crippen molar-refractivity contribution in [2.45, 2.75) is 30.7 Å². The van der Waals surface area contributed by atoms with Gasteiger partial charge in [-0.2, -0.15) is 0 Å². The van der Waals surface area contributed by atoms with Crippen LogP contribution in [0.25, 0.3) is 0 Å². The topological polar surface area (TPSA) is 116 Å². The fraction of sp³-hybridized carbons (Fsp3) is 0.667. The highest BCUT2D eigenvalue weighted by molar-refractivity contribution is 5.81. The Balaban J connectivity index is 2.74. The van der Waals surface area contributed by atoms with Gasteiger partial charge in [0.2, 0.25) is 0 Å². The Morgan fingerprint density at radius 1 is 1.56 bits per heavy atom. The number of carbonyl (C=O) groups is 1. The molecule has 0 aromatic carbocycles. The van der Waals surface area contributed by atoms with Gasteiger partial charge in [-0.3, -0.25) is 0 Å². The standard InChI is InChI=1S/C9H14O7/c1-2-5(12)15-8-6(13)9(14)16-7(8)4(11)3-10/h2,4,6-11,13-14H,1,3H2/t4-,6-,7-,8-,9?/m1/s1. The van der Waals surface area contributed by atoms with E-state index in [0.717, 1.165) is 6.08 Å². The number of ether oxygens (including phenoxy) is 2. The summed E-state index contributed by atoms with van der Waals surface area (Å²) >= 11 is 0. The van der Waals surface area contributed by atoms with Crippen LogP contribution in [-0.2, 0) is 14.3 Å². The predicted octanol–water partition coefficient (Wildman–Crippen LogP) is -2.48. The SMILES string of the molecule is C=CC(=O)O[C@H]1[C@@H]([C@H](O)CO)OC(O)[C@@H]1O. The van der Waals surface area contributed by atoms with Crippen molar-refractivity contribution in [3.63, 3.8) is 0 Å². The van der Waals surface area contributed by atoms with E-state index in [2.05, 4.69) is 6.58 Å². The Hall–Kier alpha value is -0.990. The van der Waals surface area contributed by atoms with E-state index in [1.54, 1.807) is 0 Å². The fourth-order valence-electron chi connectivity index (χ4n) is 1.41. The van der Waals surface area contributed by atoms with Gasteiger partial charge < -0.3 is 29.9 Å². The molecular weight excluding hydrogens is 220 g/mol. The molecule has 0 aromatic rings. The summed E-state index contributed by atoms with van der Waals surface area (Å²) in [6, 6.07) is 0. The van der Waals surface area contributed by atoms with Gasteiger partial charge in [-0.1, -0.05) is 6.58 Å². The largest absolute Gasteiger partial charge is 0.453 e. The minimum atomic E-state index is -1.58. The molecule has 1 heterocycles. The lowest BCUT2D eigenvalue weighted by atomic mass is 10.1. The van der Waals surface area contributed by atoms with Crippen LogP contribution in [-0.4, -0.2) is 63.7 Å². The summed E-state index contributed by atoms with van der Waals surface area (Å²) in [5.41, 5.74) is 0. The molecule has 0 radical (unpaired) electrons. The third-order valence-corrected chi connectivity index (χ3v) is 2.23. The van der Waals surface area contributed by atoms with E-state index >= 15 is 0 Å². The van der Waals surface area contributed by atoms with Gasteiger partial charge in [0, 0.05) is 6.08 Å². The molecule has 92 valence electrons. The summed E-state index contributed by atoms with van der Waals surface area (Å²) in [7, 11) is 0. The van der Waals surface area contributed by atoms with Crippen molar-refractivity contribution in [1.82, 2.24) is 0 Å². The minimum absolute atomic E-state index is 0.647. The molecule has 1 fully saturated rings. The monoisotopic (exact) mass is 234 g/mol. The van der Waals surface area contributed by atoms with E-state index < -0.39 is 43.3 Å². The van der Waals surface area contributed by atoms with Crippen molar-refractivity contribution in [2.24, 2.45) is 0 Å². The van der Waals surface area contributed by atoms with E-state index in [1.807, 2.05) is 0 Å². The van der Waals surface area contributed by atoms with E-state index in [-0.39, 0.29) is 0 Å². The molecule has 0 spiro atoms. The number of aliphatic hydroxyl groups excluding tert-OH is 4. The maximum absolute atomic E-state index is 10.9. The molecule has 7 heteroatoms. The van der Waals surface area contributed by atoms with Crippen LogP contribution in [0.5, 0.6) is 0 Å². The molecule has 1 rings (SSSR count). The molecule has 0 aliphatic carbocycles. The van der Waals surface area contributed by atoms with Crippen molar-refractivity contribution in [2.75, 3.05) is 6.61 Å². The quantitative estimate of drug-likeness (QED) is 0.314. The third-order valence-electron chi connectivity index (χ3n) is 2.23. The normalized spacial score (nSPS) is 35.8. The first-order chi connectivity index (χ1) is 7.51. The van der Waals surface area contributed by atoms with Gasteiger partial charge in [-0.15, -0.1) is 0 Å². The van der Waals surface area contributed by atoms with Gasteiger partial charge in [0.1, 0.15) is 18.3 Å². The molecule has 0 aromatic heterocycles. The van der Waals surface area contributed by atoms with Crippen LogP contribution in [0.2, 0.25) is 0 Å². The number of esters is 1. The highest BCUT2D eigenvalue weighted by Gasteiger charge is 2.48. The molecule has 5 atom stereocenters. The Kier molecular flexibility index (Phi) is 4.39. The zero-order chi connectivity index (χ0) is 12.3. The summed E-state index contributed by atoms with van der Waals surface area (Å²) in [5, 5.41) is 36.7. The molecule has 1 saturated heterocycles. The molecule has 7 nitrogen and oxygen atoms in total. The van der Waals surface area contributed by atoms with Gasteiger partial charge in [-0.05, 0) is 0 Å². The maximum atomic E-state index is 10.9. The minimum Gasteiger partial charge on any atom is -0.453 e. The molecule has 0 amide bonds. The molecular formula is C9H14O7. The van der Waals surface area contributed by atoms with Crippen LogP contribution in [0.15, 0.2) is 12.7 Å². The van der Waals surface area contributed by atoms with Crippen LogP contribution in [0.4, 0.5) is 0 Å². The molecule has 4 N–H and O–H groups in total. The Labute approximate surface area is 91.5 Å². The highest BCUT2D eigenvalue weighted by Crippen LogP contribution is 2.25. The zero-order valence-electron chi connectivity index (χ0n) is 8.39. The zero-order valence-corrected chi connectivity index (χ0v) is 8.39. The first kappa shape index (κ1) is 13.1. The first-order valence-electron chi connectivity index (χ1n) is 4.64. The van der Waals surface area contributed by atoms with Crippen LogP contribution >= 0.6 is 0 Å². The molecule has 1 unspecified atom stereocenters. The lowest BCUT2D eigenvalue weighted by molar-refractivity contribution is -0.157. The summed E-state index contributed by atoms with van der Waals surface area (Å²) in [4.78, 5) is 10.9. The van der Waals surface area contributed by atoms with Crippen LogP contribution in [0.1, 0.15) is 0 Å². The average Bonchev–Trinajstić information content (AvgIpc) is 2.56. The molecule has 1 aliphatic rings. The third kappa shape index (κ3) is 2.57. The van der Waals surface area contributed by atoms with E-state index in [4.69, 9.17) is 14.6 Å². The molecule has 0 bridgehead atoms. The Morgan fingerprint density at radius 3 is 2.69 bits per heavy atom. The molecule has 0 saturated carbocycles. The van der Waals surface area contributed by atoms with E-state index in [1.165, 1.54) is 0 Å². The number of hydrogen-bond acceptors (Lipinski definition) is 7.